The van der Waals surface area contributed by atoms with Crippen LogP contribution in [0.4, 0.5) is 0 Å². The highest BCUT2D eigenvalue weighted by atomic mass is 79.9. The molecule has 1 aromatic rings. The zero-order valence-corrected chi connectivity index (χ0v) is 9.21. The van der Waals surface area contributed by atoms with Gasteiger partial charge in [0, 0.05) is 23.3 Å². The minimum absolute atomic E-state index is 0.0184. The number of aliphatic hydroxyl groups is 1. The third-order valence-corrected chi connectivity index (χ3v) is 2.31. The van der Waals surface area contributed by atoms with Crippen LogP contribution in [0.5, 0.6) is 0 Å². The summed E-state index contributed by atoms with van der Waals surface area (Å²) in [5.74, 6) is 0. The molecule has 1 rings (SSSR count). The summed E-state index contributed by atoms with van der Waals surface area (Å²) in [6.07, 6.45) is 1.61. The van der Waals surface area contributed by atoms with Gasteiger partial charge in [0.25, 0.3) is 0 Å². The molecule has 3 nitrogen and oxygen atoms in total. The van der Waals surface area contributed by atoms with Crippen molar-refractivity contribution in [2.24, 2.45) is 0 Å². The van der Waals surface area contributed by atoms with Crippen LogP contribution in [-0.2, 0) is 11.3 Å². The molecule has 1 atom stereocenters. The predicted molar refractivity (Wildman–Crippen MR) is 53.3 cm³/mol. The highest BCUT2D eigenvalue weighted by Crippen LogP contribution is 2.21. The van der Waals surface area contributed by atoms with Gasteiger partial charge in [-0.1, -0.05) is 0 Å². The third kappa shape index (κ3) is 2.49. The molecular formula is C9H12BrNO2. The van der Waals surface area contributed by atoms with E-state index >= 15 is 0 Å². The second-order valence-electron chi connectivity index (χ2n) is 2.73. The van der Waals surface area contributed by atoms with Crippen LogP contribution in [0.2, 0.25) is 0 Å². The van der Waals surface area contributed by atoms with Crippen LogP contribution in [0.25, 0.3) is 0 Å². The van der Waals surface area contributed by atoms with E-state index in [4.69, 9.17) is 9.84 Å². The van der Waals surface area contributed by atoms with Crippen molar-refractivity contribution in [2.75, 3.05) is 7.11 Å². The van der Waals surface area contributed by atoms with Crippen molar-refractivity contribution in [1.29, 1.82) is 0 Å². The molecule has 0 spiro atoms. The molecule has 0 saturated heterocycles. The monoisotopic (exact) mass is 245 g/mol. The van der Waals surface area contributed by atoms with Gasteiger partial charge >= 0.3 is 0 Å². The molecule has 1 aromatic heterocycles. The molecule has 72 valence electrons. The first-order valence-electron chi connectivity index (χ1n) is 3.97. The lowest BCUT2D eigenvalue weighted by atomic mass is 10.1. The summed E-state index contributed by atoms with van der Waals surface area (Å²) in [7, 11) is 1.62. The highest BCUT2D eigenvalue weighted by molar-refractivity contribution is 9.10. The molecular weight excluding hydrogens is 234 g/mol. The standard InChI is InChI=1S/C9H12BrNO2/c1-6(13-2)9-7(5-12)3-8(10)4-11-9/h3-4,6,12H,5H2,1-2H3. The number of hydrogen-bond donors (Lipinski definition) is 1. The van der Waals surface area contributed by atoms with Crippen LogP contribution >= 0.6 is 15.9 Å². The van der Waals surface area contributed by atoms with Gasteiger partial charge in [-0.25, -0.2) is 0 Å². The number of nitrogens with zero attached hydrogens (tertiary/aromatic N) is 1. The van der Waals surface area contributed by atoms with Crippen molar-refractivity contribution in [3.8, 4) is 0 Å². The number of aliphatic hydroxyl groups excluding tert-OH is 1. The lowest BCUT2D eigenvalue weighted by Crippen LogP contribution is -2.04. The van der Waals surface area contributed by atoms with Crippen molar-refractivity contribution in [3.63, 3.8) is 0 Å². The Bertz CT molecular complexity index is 291. The Balaban J connectivity index is 3.05. The summed E-state index contributed by atoms with van der Waals surface area (Å²) < 4.78 is 5.99. The Morgan fingerprint density at radius 3 is 2.92 bits per heavy atom. The van der Waals surface area contributed by atoms with Gasteiger partial charge in [0.05, 0.1) is 18.4 Å². The summed E-state index contributed by atoms with van der Waals surface area (Å²) >= 11 is 3.29. The first-order chi connectivity index (χ1) is 6.19. The molecule has 0 aromatic carbocycles. The molecule has 0 bridgehead atoms. The zero-order chi connectivity index (χ0) is 9.84. The second-order valence-corrected chi connectivity index (χ2v) is 3.65. The van der Waals surface area contributed by atoms with E-state index in [1.807, 2.05) is 13.0 Å². The maximum Gasteiger partial charge on any atom is 0.0966 e. The molecule has 0 radical (unpaired) electrons. The number of rotatable bonds is 3. The molecule has 0 aliphatic heterocycles. The van der Waals surface area contributed by atoms with Crippen molar-refractivity contribution < 1.29 is 9.84 Å². The van der Waals surface area contributed by atoms with Crippen molar-refractivity contribution in [3.05, 3.63) is 28.0 Å². The quantitative estimate of drug-likeness (QED) is 0.887. The van der Waals surface area contributed by atoms with Crippen LogP contribution in [0.3, 0.4) is 0 Å². The second kappa shape index (κ2) is 4.69. The fraction of sp³-hybridized carbons (Fsp3) is 0.444. The van der Waals surface area contributed by atoms with E-state index in [1.165, 1.54) is 0 Å². The molecule has 1 heterocycles. The minimum Gasteiger partial charge on any atom is -0.392 e. The maximum atomic E-state index is 9.07. The fourth-order valence-corrected chi connectivity index (χ4v) is 1.47. The summed E-state index contributed by atoms with van der Waals surface area (Å²) in [5.41, 5.74) is 1.58. The lowest BCUT2D eigenvalue weighted by Gasteiger charge is -2.12. The van der Waals surface area contributed by atoms with E-state index < -0.39 is 0 Å². The third-order valence-electron chi connectivity index (χ3n) is 1.88. The molecule has 0 aliphatic carbocycles. The van der Waals surface area contributed by atoms with Gasteiger partial charge in [-0.3, -0.25) is 4.98 Å². The van der Waals surface area contributed by atoms with E-state index in [2.05, 4.69) is 20.9 Å². The van der Waals surface area contributed by atoms with E-state index in [1.54, 1.807) is 13.3 Å². The van der Waals surface area contributed by atoms with Gasteiger partial charge in [-0.05, 0) is 28.9 Å². The Kier molecular flexibility index (Phi) is 3.84. The molecule has 1 unspecified atom stereocenters. The van der Waals surface area contributed by atoms with Gasteiger partial charge in [-0.15, -0.1) is 0 Å². The zero-order valence-electron chi connectivity index (χ0n) is 7.62. The van der Waals surface area contributed by atoms with Crippen LogP contribution < -0.4 is 0 Å². The van der Waals surface area contributed by atoms with Crippen LogP contribution in [-0.4, -0.2) is 17.2 Å². The van der Waals surface area contributed by atoms with Gasteiger partial charge in [0.2, 0.25) is 0 Å². The summed E-state index contributed by atoms with van der Waals surface area (Å²) in [6, 6.07) is 1.85. The van der Waals surface area contributed by atoms with Crippen molar-refractivity contribution >= 4 is 15.9 Å². The molecule has 13 heavy (non-hydrogen) atoms. The number of hydrogen-bond acceptors (Lipinski definition) is 3. The molecule has 0 saturated carbocycles. The number of methoxy groups -OCH3 is 1. The summed E-state index contributed by atoms with van der Waals surface area (Å²) in [5, 5.41) is 9.07. The fourth-order valence-electron chi connectivity index (χ4n) is 1.10. The van der Waals surface area contributed by atoms with E-state index in [-0.39, 0.29) is 12.7 Å². The Morgan fingerprint density at radius 2 is 2.38 bits per heavy atom. The van der Waals surface area contributed by atoms with Gasteiger partial charge in [-0.2, -0.15) is 0 Å². The average Bonchev–Trinajstić information content (AvgIpc) is 2.16. The number of halogens is 1. The van der Waals surface area contributed by atoms with Gasteiger partial charge in [0.1, 0.15) is 0 Å². The van der Waals surface area contributed by atoms with Crippen LogP contribution in [0.1, 0.15) is 24.3 Å². The van der Waals surface area contributed by atoms with E-state index in [0.717, 1.165) is 15.7 Å². The summed E-state index contributed by atoms with van der Waals surface area (Å²) in [6.45, 7) is 1.88. The minimum atomic E-state index is -0.0877. The van der Waals surface area contributed by atoms with Crippen LogP contribution in [0, 0.1) is 0 Å². The topological polar surface area (TPSA) is 42.4 Å². The normalized spacial score (nSPS) is 12.9. The Hall–Kier alpha value is -0.450. The predicted octanol–water partition coefficient (Wildman–Crippen LogP) is 2.04. The first kappa shape index (κ1) is 10.6. The number of ether oxygens (including phenoxy) is 1. The maximum absolute atomic E-state index is 9.07. The molecule has 1 N–H and O–H groups in total. The van der Waals surface area contributed by atoms with Gasteiger partial charge < -0.3 is 9.84 Å². The first-order valence-corrected chi connectivity index (χ1v) is 4.76. The van der Waals surface area contributed by atoms with Crippen molar-refractivity contribution in [1.82, 2.24) is 4.98 Å². The summed E-state index contributed by atoms with van der Waals surface area (Å²) in [4.78, 5) is 4.19. The molecule has 0 aliphatic rings. The largest absolute Gasteiger partial charge is 0.392 e. The SMILES string of the molecule is COC(C)c1ncc(Br)cc1CO. The van der Waals surface area contributed by atoms with E-state index in [9.17, 15) is 0 Å². The Labute approximate surface area is 85.9 Å². The smallest absolute Gasteiger partial charge is 0.0966 e. The number of pyridine rings is 1. The lowest BCUT2D eigenvalue weighted by molar-refractivity contribution is 0.113. The number of aromatic nitrogens is 1. The average molecular weight is 246 g/mol. The van der Waals surface area contributed by atoms with Crippen molar-refractivity contribution in [2.45, 2.75) is 19.6 Å². The highest BCUT2D eigenvalue weighted by Gasteiger charge is 2.10. The molecule has 0 fully saturated rings. The van der Waals surface area contributed by atoms with Gasteiger partial charge in [0.15, 0.2) is 0 Å². The Morgan fingerprint density at radius 1 is 1.69 bits per heavy atom. The molecule has 0 amide bonds. The molecule has 4 heteroatoms. The van der Waals surface area contributed by atoms with E-state index in [0.29, 0.717) is 0 Å². The van der Waals surface area contributed by atoms with Crippen LogP contribution in [0.15, 0.2) is 16.7 Å².